The maximum absolute atomic E-state index is 11.2. The molecule has 0 spiro atoms. The number of allylic oxidation sites excluding steroid dienone is 1. The zero-order valence-electron chi connectivity index (χ0n) is 8.13. The van der Waals surface area contributed by atoms with Crippen molar-refractivity contribution in [1.29, 1.82) is 0 Å². The lowest BCUT2D eigenvalue weighted by atomic mass is 9.98. The molecule has 0 amide bonds. The summed E-state index contributed by atoms with van der Waals surface area (Å²) in [5.74, 6) is 0.0809. The first-order chi connectivity index (χ1) is 6.15. The minimum absolute atomic E-state index is 0.0809. The van der Waals surface area contributed by atoms with Crippen molar-refractivity contribution in [3.05, 3.63) is 47.5 Å². The Morgan fingerprint density at radius 1 is 1.38 bits per heavy atom. The Hall–Kier alpha value is -1.37. The van der Waals surface area contributed by atoms with E-state index in [0.29, 0.717) is 6.42 Å². The van der Waals surface area contributed by atoms with E-state index in [-0.39, 0.29) is 5.78 Å². The Morgan fingerprint density at radius 2 is 1.92 bits per heavy atom. The van der Waals surface area contributed by atoms with Gasteiger partial charge >= 0.3 is 0 Å². The monoisotopic (exact) mass is 174 g/mol. The summed E-state index contributed by atoms with van der Waals surface area (Å²) >= 11 is 0. The molecule has 0 aliphatic carbocycles. The van der Waals surface area contributed by atoms with E-state index < -0.39 is 0 Å². The van der Waals surface area contributed by atoms with E-state index in [1.165, 1.54) is 17.2 Å². The van der Waals surface area contributed by atoms with Crippen molar-refractivity contribution in [1.82, 2.24) is 0 Å². The van der Waals surface area contributed by atoms with Gasteiger partial charge in [-0.2, -0.15) is 0 Å². The molecule has 0 aromatic heterocycles. The second kappa shape index (κ2) is 4.04. The normalized spacial score (nSPS) is 9.69. The molecule has 0 aliphatic heterocycles. The summed E-state index contributed by atoms with van der Waals surface area (Å²) in [6, 6.07) is 6.06. The van der Waals surface area contributed by atoms with Crippen LogP contribution in [-0.2, 0) is 11.2 Å². The van der Waals surface area contributed by atoms with Gasteiger partial charge in [0.05, 0.1) is 0 Å². The molecule has 0 unspecified atom stereocenters. The molecule has 1 heteroatoms. The predicted octanol–water partition coefficient (Wildman–Crippen LogP) is 2.60. The van der Waals surface area contributed by atoms with Crippen molar-refractivity contribution in [3.63, 3.8) is 0 Å². The van der Waals surface area contributed by atoms with Gasteiger partial charge in [-0.05, 0) is 36.6 Å². The number of carbonyl (C=O) groups is 1. The minimum Gasteiger partial charge on any atom is -0.295 e. The van der Waals surface area contributed by atoms with Crippen molar-refractivity contribution in [3.8, 4) is 0 Å². The molecule has 1 rings (SSSR count). The number of carbonyl (C=O) groups excluding carboxylic acids is 1. The molecule has 0 saturated carbocycles. The van der Waals surface area contributed by atoms with Crippen LogP contribution >= 0.6 is 0 Å². The fourth-order valence-electron chi connectivity index (χ4n) is 1.37. The molecular weight excluding hydrogens is 160 g/mol. The smallest absolute Gasteiger partial charge is 0.159 e. The molecule has 0 radical (unpaired) electrons. The molecule has 13 heavy (non-hydrogen) atoms. The summed E-state index contributed by atoms with van der Waals surface area (Å²) in [4.78, 5) is 11.2. The molecule has 0 atom stereocenters. The van der Waals surface area contributed by atoms with E-state index in [4.69, 9.17) is 0 Å². The standard InChI is InChI=1S/C12H14O/c1-4-11(13)8-12-9(2)6-5-7-10(12)3/h4-7H,1,8H2,2-3H3. The van der Waals surface area contributed by atoms with Crippen molar-refractivity contribution in [2.75, 3.05) is 0 Å². The van der Waals surface area contributed by atoms with E-state index in [0.717, 1.165) is 5.56 Å². The van der Waals surface area contributed by atoms with Crippen LogP contribution in [-0.4, -0.2) is 5.78 Å². The van der Waals surface area contributed by atoms with Gasteiger partial charge in [-0.3, -0.25) is 4.79 Å². The molecular formula is C12H14O. The van der Waals surface area contributed by atoms with E-state index in [2.05, 4.69) is 6.58 Å². The Balaban J connectivity index is 2.99. The van der Waals surface area contributed by atoms with Gasteiger partial charge in [0.15, 0.2) is 5.78 Å². The van der Waals surface area contributed by atoms with Gasteiger partial charge in [-0.25, -0.2) is 0 Å². The van der Waals surface area contributed by atoms with Crippen LogP contribution in [0.15, 0.2) is 30.9 Å². The maximum Gasteiger partial charge on any atom is 0.159 e. The van der Waals surface area contributed by atoms with Crippen LogP contribution in [0.3, 0.4) is 0 Å². The van der Waals surface area contributed by atoms with Crippen molar-refractivity contribution >= 4 is 5.78 Å². The first kappa shape index (κ1) is 9.72. The number of rotatable bonds is 3. The zero-order valence-corrected chi connectivity index (χ0v) is 8.13. The molecule has 0 saturated heterocycles. The third kappa shape index (κ3) is 2.28. The van der Waals surface area contributed by atoms with Gasteiger partial charge in [0.25, 0.3) is 0 Å². The average molecular weight is 174 g/mol. The number of benzene rings is 1. The Morgan fingerprint density at radius 3 is 2.38 bits per heavy atom. The van der Waals surface area contributed by atoms with Crippen molar-refractivity contribution in [2.24, 2.45) is 0 Å². The highest BCUT2D eigenvalue weighted by molar-refractivity contribution is 5.91. The average Bonchev–Trinajstić information content (AvgIpc) is 2.11. The fourth-order valence-corrected chi connectivity index (χ4v) is 1.37. The fraction of sp³-hybridized carbons (Fsp3) is 0.250. The van der Waals surface area contributed by atoms with Crippen molar-refractivity contribution < 1.29 is 4.79 Å². The molecule has 0 bridgehead atoms. The summed E-state index contributed by atoms with van der Waals surface area (Å²) in [5.41, 5.74) is 3.48. The molecule has 1 aromatic rings. The number of ketones is 1. The van der Waals surface area contributed by atoms with E-state index in [9.17, 15) is 4.79 Å². The van der Waals surface area contributed by atoms with Crippen LogP contribution in [0.4, 0.5) is 0 Å². The van der Waals surface area contributed by atoms with Crippen LogP contribution in [0, 0.1) is 13.8 Å². The van der Waals surface area contributed by atoms with Crippen LogP contribution in [0.5, 0.6) is 0 Å². The van der Waals surface area contributed by atoms with Gasteiger partial charge in [0, 0.05) is 6.42 Å². The molecule has 1 nitrogen and oxygen atoms in total. The molecule has 0 N–H and O–H groups in total. The van der Waals surface area contributed by atoms with Gasteiger partial charge < -0.3 is 0 Å². The highest BCUT2D eigenvalue weighted by atomic mass is 16.1. The molecule has 0 fully saturated rings. The summed E-state index contributed by atoms with van der Waals surface area (Å²) in [6.45, 7) is 7.52. The topological polar surface area (TPSA) is 17.1 Å². The first-order valence-electron chi connectivity index (χ1n) is 4.35. The number of aryl methyl sites for hydroxylation is 2. The van der Waals surface area contributed by atoms with Gasteiger partial charge in [0.2, 0.25) is 0 Å². The highest BCUT2D eigenvalue weighted by Gasteiger charge is 2.04. The lowest BCUT2D eigenvalue weighted by Gasteiger charge is -2.06. The Bertz CT molecular complexity index is 317. The third-order valence-corrected chi connectivity index (χ3v) is 2.22. The zero-order chi connectivity index (χ0) is 9.84. The second-order valence-corrected chi connectivity index (χ2v) is 3.22. The first-order valence-corrected chi connectivity index (χ1v) is 4.35. The van der Waals surface area contributed by atoms with Gasteiger partial charge in [-0.1, -0.05) is 24.8 Å². The maximum atomic E-state index is 11.2. The predicted molar refractivity (Wildman–Crippen MR) is 54.8 cm³/mol. The Kier molecular flexibility index (Phi) is 3.02. The largest absolute Gasteiger partial charge is 0.295 e. The van der Waals surface area contributed by atoms with Crippen LogP contribution in [0.25, 0.3) is 0 Å². The van der Waals surface area contributed by atoms with E-state index >= 15 is 0 Å². The Labute approximate surface area is 79.1 Å². The minimum atomic E-state index is 0.0809. The summed E-state index contributed by atoms with van der Waals surface area (Å²) in [7, 11) is 0. The SMILES string of the molecule is C=CC(=O)Cc1c(C)cccc1C. The quantitative estimate of drug-likeness (QED) is 0.644. The highest BCUT2D eigenvalue weighted by Crippen LogP contribution is 2.14. The lowest BCUT2D eigenvalue weighted by molar-refractivity contribution is -0.114. The number of hydrogen-bond donors (Lipinski definition) is 0. The molecule has 68 valence electrons. The van der Waals surface area contributed by atoms with Crippen LogP contribution in [0.2, 0.25) is 0 Å². The molecule has 0 heterocycles. The number of hydrogen-bond acceptors (Lipinski definition) is 1. The molecule has 1 aromatic carbocycles. The van der Waals surface area contributed by atoms with Crippen molar-refractivity contribution in [2.45, 2.75) is 20.3 Å². The van der Waals surface area contributed by atoms with Crippen LogP contribution in [0.1, 0.15) is 16.7 Å². The summed E-state index contributed by atoms with van der Waals surface area (Å²) < 4.78 is 0. The van der Waals surface area contributed by atoms with Gasteiger partial charge in [-0.15, -0.1) is 0 Å². The van der Waals surface area contributed by atoms with E-state index in [1.807, 2.05) is 32.0 Å². The summed E-state index contributed by atoms with van der Waals surface area (Å²) in [6.07, 6.45) is 1.86. The molecule has 0 aliphatic rings. The third-order valence-electron chi connectivity index (χ3n) is 2.22. The summed E-state index contributed by atoms with van der Waals surface area (Å²) in [5, 5.41) is 0. The van der Waals surface area contributed by atoms with Crippen LogP contribution < -0.4 is 0 Å². The second-order valence-electron chi connectivity index (χ2n) is 3.22. The van der Waals surface area contributed by atoms with E-state index in [1.54, 1.807) is 0 Å². The lowest BCUT2D eigenvalue weighted by Crippen LogP contribution is -2.02. The van der Waals surface area contributed by atoms with Gasteiger partial charge in [0.1, 0.15) is 0 Å².